The maximum Gasteiger partial charge on any atom is 0.273 e. The fourth-order valence-electron chi connectivity index (χ4n) is 2.42. The van der Waals surface area contributed by atoms with Crippen molar-refractivity contribution in [2.75, 3.05) is 11.9 Å². The van der Waals surface area contributed by atoms with E-state index in [-0.39, 0.29) is 5.91 Å². The summed E-state index contributed by atoms with van der Waals surface area (Å²) >= 11 is 1.33. The summed E-state index contributed by atoms with van der Waals surface area (Å²) < 4.78 is 5.38. The summed E-state index contributed by atoms with van der Waals surface area (Å²) in [5, 5.41) is 8.58. The van der Waals surface area contributed by atoms with E-state index >= 15 is 0 Å². The second-order valence-electron chi connectivity index (χ2n) is 5.68. The van der Waals surface area contributed by atoms with E-state index in [1.807, 2.05) is 36.6 Å². The molecule has 3 aromatic rings. The van der Waals surface area contributed by atoms with E-state index in [4.69, 9.17) is 4.74 Å². The monoisotopic (exact) mass is 393 g/mol. The molecule has 0 atom stereocenters. The first-order chi connectivity index (χ1) is 13.7. The number of carbonyl (C=O) groups excluding carboxylic acids is 2. The molecule has 0 spiro atoms. The van der Waals surface area contributed by atoms with Gasteiger partial charge in [0.05, 0.1) is 28.9 Å². The molecule has 1 aromatic heterocycles. The standard InChI is InChI=1S/C21H19N3O3S/c1-2-27-16-11-9-15(10-12-16)14-22-24-20(25)17-6-3-4-7-18(17)23-21(26)19-8-5-13-28-19/h3-14H,2H2,1H3,(H,23,26)(H,24,25)/b22-14-. The Hall–Kier alpha value is -3.45. The highest BCUT2D eigenvalue weighted by atomic mass is 32.1. The predicted molar refractivity (Wildman–Crippen MR) is 111 cm³/mol. The van der Waals surface area contributed by atoms with E-state index < -0.39 is 5.91 Å². The molecule has 0 unspecified atom stereocenters. The number of nitrogens with zero attached hydrogens (tertiary/aromatic N) is 1. The Morgan fingerprint density at radius 3 is 2.54 bits per heavy atom. The first kappa shape index (κ1) is 19.3. The van der Waals surface area contributed by atoms with Crippen molar-refractivity contribution in [3.63, 3.8) is 0 Å². The summed E-state index contributed by atoms with van der Waals surface area (Å²) in [6.45, 7) is 2.53. The smallest absolute Gasteiger partial charge is 0.273 e. The molecule has 0 saturated heterocycles. The largest absolute Gasteiger partial charge is 0.494 e. The third kappa shape index (κ3) is 5.05. The van der Waals surface area contributed by atoms with Gasteiger partial charge >= 0.3 is 0 Å². The van der Waals surface area contributed by atoms with Crippen LogP contribution in [0.5, 0.6) is 5.75 Å². The number of thiophene rings is 1. The number of hydrogen-bond donors (Lipinski definition) is 2. The number of anilines is 1. The highest BCUT2D eigenvalue weighted by Gasteiger charge is 2.14. The maximum atomic E-state index is 12.5. The molecule has 0 saturated carbocycles. The van der Waals surface area contributed by atoms with E-state index in [2.05, 4.69) is 15.8 Å². The maximum absolute atomic E-state index is 12.5. The molecule has 0 bridgehead atoms. The Bertz CT molecular complexity index is 967. The van der Waals surface area contributed by atoms with Crippen molar-refractivity contribution in [2.24, 2.45) is 5.10 Å². The van der Waals surface area contributed by atoms with Crippen LogP contribution in [0, 0.1) is 0 Å². The summed E-state index contributed by atoms with van der Waals surface area (Å²) in [6, 6.07) is 17.7. The lowest BCUT2D eigenvalue weighted by Crippen LogP contribution is -2.21. The molecule has 0 fully saturated rings. The van der Waals surface area contributed by atoms with Gasteiger partial charge in [0.1, 0.15) is 5.75 Å². The zero-order valence-electron chi connectivity index (χ0n) is 15.2. The van der Waals surface area contributed by atoms with Gasteiger partial charge in [-0.05, 0) is 60.3 Å². The first-order valence-electron chi connectivity index (χ1n) is 8.67. The molecule has 1 heterocycles. The zero-order valence-corrected chi connectivity index (χ0v) is 16.0. The van der Waals surface area contributed by atoms with Crippen LogP contribution < -0.4 is 15.5 Å². The molecule has 7 heteroatoms. The second-order valence-corrected chi connectivity index (χ2v) is 6.63. The van der Waals surface area contributed by atoms with Crippen LogP contribution in [0.4, 0.5) is 5.69 Å². The summed E-state index contributed by atoms with van der Waals surface area (Å²) in [6.07, 6.45) is 1.54. The molecule has 0 aliphatic carbocycles. The molecule has 2 amide bonds. The number of carbonyl (C=O) groups is 2. The number of ether oxygens (including phenoxy) is 1. The van der Waals surface area contributed by atoms with Crippen molar-refractivity contribution in [2.45, 2.75) is 6.92 Å². The molecule has 0 radical (unpaired) electrons. The molecule has 142 valence electrons. The lowest BCUT2D eigenvalue weighted by molar-refractivity contribution is 0.0956. The number of hydrazone groups is 1. The molecule has 2 aromatic carbocycles. The van der Waals surface area contributed by atoms with Crippen LogP contribution in [0.3, 0.4) is 0 Å². The van der Waals surface area contributed by atoms with Gasteiger partial charge in [-0.2, -0.15) is 5.10 Å². The average Bonchev–Trinajstić information content (AvgIpc) is 3.25. The molecular weight excluding hydrogens is 374 g/mol. The van der Waals surface area contributed by atoms with Crippen molar-refractivity contribution in [3.8, 4) is 5.75 Å². The van der Waals surface area contributed by atoms with Crippen molar-refractivity contribution in [1.82, 2.24) is 5.43 Å². The van der Waals surface area contributed by atoms with E-state index in [1.54, 1.807) is 42.6 Å². The fraction of sp³-hybridized carbons (Fsp3) is 0.0952. The topological polar surface area (TPSA) is 79.8 Å². The Balaban J connectivity index is 1.65. The van der Waals surface area contributed by atoms with Crippen LogP contribution in [0.2, 0.25) is 0 Å². The minimum absolute atomic E-state index is 0.256. The second kappa shape index (κ2) is 9.48. The molecular formula is C21H19N3O3S. The number of benzene rings is 2. The molecule has 2 N–H and O–H groups in total. The lowest BCUT2D eigenvalue weighted by Gasteiger charge is -2.09. The molecule has 28 heavy (non-hydrogen) atoms. The van der Waals surface area contributed by atoms with Crippen molar-refractivity contribution in [1.29, 1.82) is 0 Å². The van der Waals surface area contributed by atoms with Gasteiger partial charge in [-0.3, -0.25) is 9.59 Å². The minimum Gasteiger partial charge on any atom is -0.494 e. The highest BCUT2D eigenvalue weighted by Crippen LogP contribution is 2.18. The summed E-state index contributed by atoms with van der Waals surface area (Å²) in [4.78, 5) is 25.3. The SMILES string of the molecule is CCOc1ccc(/C=N\NC(=O)c2ccccc2NC(=O)c2cccs2)cc1. The molecule has 3 rings (SSSR count). The quantitative estimate of drug-likeness (QED) is 0.467. The first-order valence-corrected chi connectivity index (χ1v) is 9.55. The number of nitrogens with one attached hydrogen (secondary N) is 2. The predicted octanol–water partition coefficient (Wildman–Crippen LogP) is 4.16. The summed E-state index contributed by atoms with van der Waals surface area (Å²) in [5.74, 6) is 0.108. The number of amides is 2. The van der Waals surface area contributed by atoms with Gasteiger partial charge < -0.3 is 10.1 Å². The van der Waals surface area contributed by atoms with Gasteiger partial charge in [-0.1, -0.05) is 18.2 Å². The van der Waals surface area contributed by atoms with Crippen LogP contribution in [0.25, 0.3) is 0 Å². The highest BCUT2D eigenvalue weighted by molar-refractivity contribution is 7.12. The average molecular weight is 393 g/mol. The van der Waals surface area contributed by atoms with E-state index in [0.717, 1.165) is 11.3 Å². The molecule has 0 aliphatic rings. The van der Waals surface area contributed by atoms with Crippen LogP contribution in [-0.2, 0) is 0 Å². The Morgan fingerprint density at radius 1 is 1.04 bits per heavy atom. The van der Waals surface area contributed by atoms with Crippen molar-refractivity contribution < 1.29 is 14.3 Å². The normalized spacial score (nSPS) is 10.6. The van der Waals surface area contributed by atoms with Gasteiger partial charge in [-0.15, -0.1) is 11.3 Å². The lowest BCUT2D eigenvalue weighted by atomic mass is 10.1. The Labute approximate surface area is 166 Å². The van der Waals surface area contributed by atoms with Crippen LogP contribution in [0.15, 0.2) is 71.1 Å². The summed E-state index contributed by atoms with van der Waals surface area (Å²) in [7, 11) is 0. The van der Waals surface area contributed by atoms with Gasteiger partial charge in [-0.25, -0.2) is 5.43 Å². The van der Waals surface area contributed by atoms with Gasteiger partial charge in [0.25, 0.3) is 11.8 Å². The third-order valence-corrected chi connectivity index (χ3v) is 4.60. The van der Waals surface area contributed by atoms with E-state index in [0.29, 0.717) is 22.7 Å². The van der Waals surface area contributed by atoms with Crippen LogP contribution in [0.1, 0.15) is 32.5 Å². The van der Waals surface area contributed by atoms with Crippen LogP contribution >= 0.6 is 11.3 Å². The van der Waals surface area contributed by atoms with Gasteiger partial charge in [0.2, 0.25) is 0 Å². The number of rotatable bonds is 7. The van der Waals surface area contributed by atoms with Gasteiger partial charge in [0, 0.05) is 0 Å². The van der Waals surface area contributed by atoms with E-state index in [1.165, 1.54) is 11.3 Å². The Morgan fingerprint density at radius 2 is 1.82 bits per heavy atom. The number of hydrogen-bond acceptors (Lipinski definition) is 5. The minimum atomic E-state index is -0.413. The van der Waals surface area contributed by atoms with Gasteiger partial charge in [0.15, 0.2) is 0 Å². The van der Waals surface area contributed by atoms with Crippen molar-refractivity contribution >= 4 is 35.1 Å². The third-order valence-electron chi connectivity index (χ3n) is 3.74. The zero-order chi connectivity index (χ0) is 19.8. The Kier molecular flexibility index (Phi) is 6.54. The van der Waals surface area contributed by atoms with Crippen molar-refractivity contribution in [3.05, 3.63) is 82.0 Å². The van der Waals surface area contributed by atoms with Crippen LogP contribution in [-0.4, -0.2) is 24.6 Å². The molecule has 6 nitrogen and oxygen atoms in total. The van der Waals surface area contributed by atoms with E-state index in [9.17, 15) is 9.59 Å². The molecule has 0 aliphatic heterocycles. The summed E-state index contributed by atoms with van der Waals surface area (Å²) in [5.41, 5.74) is 4.06. The number of para-hydroxylation sites is 1. The fourth-order valence-corrected chi connectivity index (χ4v) is 3.04.